The highest BCUT2D eigenvalue weighted by Crippen LogP contribution is 2.11. The van der Waals surface area contributed by atoms with Crippen LogP contribution in [0.2, 0.25) is 0 Å². The molecule has 0 radical (unpaired) electrons. The fourth-order valence-corrected chi connectivity index (χ4v) is 1.28. The summed E-state index contributed by atoms with van der Waals surface area (Å²) in [5.74, 6) is 0.433. The summed E-state index contributed by atoms with van der Waals surface area (Å²) in [6, 6.07) is 0. The fourth-order valence-electron chi connectivity index (χ4n) is 1.28. The van der Waals surface area contributed by atoms with Gasteiger partial charge in [-0.1, -0.05) is 6.92 Å². The molecule has 0 aliphatic carbocycles. The van der Waals surface area contributed by atoms with E-state index in [1.54, 1.807) is 7.11 Å². The van der Waals surface area contributed by atoms with E-state index in [1.165, 1.54) is 0 Å². The van der Waals surface area contributed by atoms with E-state index in [0.717, 1.165) is 32.4 Å². The lowest BCUT2D eigenvalue weighted by Gasteiger charge is -2.22. The molecular weight excluding hydrogens is 190 g/mol. The average Bonchev–Trinajstić information content (AvgIpc) is 2.22. The zero-order valence-corrected chi connectivity index (χ0v) is 10.7. The van der Waals surface area contributed by atoms with Crippen LogP contribution in [-0.2, 0) is 4.74 Å². The van der Waals surface area contributed by atoms with Crippen molar-refractivity contribution in [3.63, 3.8) is 0 Å². The molecule has 0 spiro atoms. The van der Waals surface area contributed by atoms with E-state index < -0.39 is 0 Å². The second-order valence-corrected chi connectivity index (χ2v) is 4.89. The molecule has 3 heteroatoms. The molecule has 0 amide bonds. The first kappa shape index (κ1) is 14.9. The molecule has 0 aromatic heterocycles. The van der Waals surface area contributed by atoms with Gasteiger partial charge in [0.25, 0.3) is 0 Å². The van der Waals surface area contributed by atoms with E-state index in [4.69, 9.17) is 9.84 Å². The Morgan fingerprint density at radius 2 is 2.00 bits per heavy atom. The van der Waals surface area contributed by atoms with E-state index >= 15 is 0 Å². The highest BCUT2D eigenvalue weighted by Gasteiger charge is 2.14. The van der Waals surface area contributed by atoms with Crippen molar-refractivity contribution in [2.75, 3.05) is 26.8 Å². The molecule has 0 aliphatic rings. The molecule has 92 valence electrons. The molecule has 0 aromatic rings. The third-order valence-electron chi connectivity index (χ3n) is 2.82. The predicted molar refractivity (Wildman–Crippen MR) is 64.1 cm³/mol. The van der Waals surface area contributed by atoms with Gasteiger partial charge in [0.2, 0.25) is 0 Å². The summed E-state index contributed by atoms with van der Waals surface area (Å²) in [6.07, 6.45) is 3.26. The van der Waals surface area contributed by atoms with Crippen molar-refractivity contribution in [1.29, 1.82) is 0 Å². The Kier molecular flexibility index (Phi) is 8.02. The Balaban J connectivity index is 3.25. The largest absolute Gasteiger partial charge is 0.396 e. The van der Waals surface area contributed by atoms with Crippen molar-refractivity contribution in [2.45, 2.75) is 45.6 Å². The Hall–Kier alpha value is -0.120. The van der Waals surface area contributed by atoms with Crippen molar-refractivity contribution in [2.24, 2.45) is 5.92 Å². The minimum atomic E-state index is -0.0224. The van der Waals surface area contributed by atoms with E-state index in [1.807, 2.05) is 0 Å². The van der Waals surface area contributed by atoms with E-state index in [-0.39, 0.29) is 5.60 Å². The molecule has 0 aromatic carbocycles. The van der Waals surface area contributed by atoms with E-state index in [0.29, 0.717) is 12.5 Å². The zero-order chi connectivity index (χ0) is 11.7. The lowest BCUT2D eigenvalue weighted by atomic mass is 10.1. The molecule has 1 unspecified atom stereocenters. The number of methoxy groups -OCH3 is 1. The van der Waals surface area contributed by atoms with Gasteiger partial charge in [0.1, 0.15) is 0 Å². The third-order valence-corrected chi connectivity index (χ3v) is 2.82. The van der Waals surface area contributed by atoms with Gasteiger partial charge in [0, 0.05) is 13.7 Å². The van der Waals surface area contributed by atoms with Crippen LogP contribution in [0.3, 0.4) is 0 Å². The van der Waals surface area contributed by atoms with Gasteiger partial charge in [0.05, 0.1) is 5.60 Å². The van der Waals surface area contributed by atoms with Crippen LogP contribution in [0.4, 0.5) is 0 Å². The maximum atomic E-state index is 8.84. The molecule has 15 heavy (non-hydrogen) atoms. The van der Waals surface area contributed by atoms with Crippen LogP contribution in [0, 0.1) is 5.92 Å². The Labute approximate surface area is 94.2 Å². The summed E-state index contributed by atoms with van der Waals surface area (Å²) < 4.78 is 5.33. The topological polar surface area (TPSA) is 41.5 Å². The summed E-state index contributed by atoms with van der Waals surface area (Å²) in [6.45, 7) is 8.61. The van der Waals surface area contributed by atoms with Crippen LogP contribution in [0.1, 0.15) is 40.0 Å². The normalized spacial score (nSPS) is 14.2. The maximum Gasteiger partial charge on any atom is 0.0634 e. The third kappa shape index (κ3) is 8.85. The van der Waals surface area contributed by atoms with Gasteiger partial charge >= 0.3 is 0 Å². The summed E-state index contributed by atoms with van der Waals surface area (Å²) in [5.41, 5.74) is -0.0224. The summed E-state index contributed by atoms with van der Waals surface area (Å²) in [4.78, 5) is 0. The second kappa shape index (κ2) is 8.08. The van der Waals surface area contributed by atoms with Gasteiger partial charge in [-0.15, -0.1) is 0 Å². The Morgan fingerprint density at radius 3 is 2.53 bits per heavy atom. The van der Waals surface area contributed by atoms with Crippen LogP contribution in [0.25, 0.3) is 0 Å². The number of hydrogen-bond donors (Lipinski definition) is 2. The molecule has 1 atom stereocenters. The molecule has 0 aliphatic heterocycles. The van der Waals surface area contributed by atoms with Gasteiger partial charge < -0.3 is 15.2 Å². The fraction of sp³-hybridized carbons (Fsp3) is 1.00. The SMILES string of the molecule is COC(C)(C)CCNCCCC(C)CO. The van der Waals surface area contributed by atoms with Crippen LogP contribution >= 0.6 is 0 Å². The minimum Gasteiger partial charge on any atom is -0.396 e. The monoisotopic (exact) mass is 217 g/mol. The average molecular weight is 217 g/mol. The number of aliphatic hydroxyl groups excluding tert-OH is 1. The zero-order valence-electron chi connectivity index (χ0n) is 10.7. The first-order valence-electron chi connectivity index (χ1n) is 5.88. The van der Waals surface area contributed by atoms with Crippen LogP contribution in [0.15, 0.2) is 0 Å². The van der Waals surface area contributed by atoms with Gasteiger partial charge in [-0.05, 0) is 52.1 Å². The Morgan fingerprint density at radius 1 is 1.33 bits per heavy atom. The number of aliphatic hydroxyl groups is 1. The maximum absolute atomic E-state index is 8.84. The summed E-state index contributed by atoms with van der Waals surface area (Å²) >= 11 is 0. The standard InChI is InChI=1S/C12H27NO2/c1-11(10-14)6-5-8-13-9-7-12(2,3)15-4/h11,13-14H,5-10H2,1-4H3. The smallest absolute Gasteiger partial charge is 0.0634 e. The molecule has 0 bridgehead atoms. The quantitative estimate of drug-likeness (QED) is 0.579. The van der Waals surface area contributed by atoms with Crippen molar-refractivity contribution < 1.29 is 9.84 Å². The van der Waals surface area contributed by atoms with Crippen molar-refractivity contribution in [3.05, 3.63) is 0 Å². The second-order valence-electron chi connectivity index (χ2n) is 4.89. The van der Waals surface area contributed by atoms with Crippen molar-refractivity contribution in [3.8, 4) is 0 Å². The number of rotatable bonds is 9. The molecule has 0 rings (SSSR count). The lowest BCUT2D eigenvalue weighted by Crippen LogP contribution is -2.29. The molecule has 0 fully saturated rings. The number of ether oxygens (including phenoxy) is 1. The number of hydrogen-bond acceptors (Lipinski definition) is 3. The molecule has 0 saturated heterocycles. The van der Waals surface area contributed by atoms with Crippen LogP contribution < -0.4 is 5.32 Å². The highest BCUT2D eigenvalue weighted by molar-refractivity contribution is 4.68. The van der Waals surface area contributed by atoms with Crippen molar-refractivity contribution >= 4 is 0 Å². The molecular formula is C12H27NO2. The predicted octanol–water partition coefficient (Wildman–Crippen LogP) is 1.80. The number of nitrogens with one attached hydrogen (secondary N) is 1. The minimum absolute atomic E-state index is 0.0224. The van der Waals surface area contributed by atoms with Crippen LogP contribution in [-0.4, -0.2) is 37.5 Å². The van der Waals surface area contributed by atoms with Crippen LogP contribution in [0.5, 0.6) is 0 Å². The van der Waals surface area contributed by atoms with Gasteiger partial charge in [-0.25, -0.2) is 0 Å². The van der Waals surface area contributed by atoms with Crippen molar-refractivity contribution in [1.82, 2.24) is 5.32 Å². The first-order valence-corrected chi connectivity index (χ1v) is 5.88. The van der Waals surface area contributed by atoms with E-state index in [2.05, 4.69) is 26.1 Å². The molecule has 2 N–H and O–H groups in total. The van der Waals surface area contributed by atoms with Gasteiger partial charge in [0.15, 0.2) is 0 Å². The van der Waals surface area contributed by atoms with Gasteiger partial charge in [-0.2, -0.15) is 0 Å². The van der Waals surface area contributed by atoms with Gasteiger partial charge in [-0.3, -0.25) is 0 Å². The van der Waals surface area contributed by atoms with E-state index in [9.17, 15) is 0 Å². The molecule has 0 heterocycles. The lowest BCUT2D eigenvalue weighted by molar-refractivity contribution is 0.0159. The highest BCUT2D eigenvalue weighted by atomic mass is 16.5. The first-order chi connectivity index (χ1) is 7.02. The molecule has 3 nitrogen and oxygen atoms in total. The summed E-state index contributed by atoms with van der Waals surface area (Å²) in [5, 5.41) is 12.2. The molecule has 0 saturated carbocycles. The summed E-state index contributed by atoms with van der Waals surface area (Å²) in [7, 11) is 1.75. The Bertz CT molecular complexity index is 149.